The normalized spacial score (nSPS) is 11.3. The van der Waals surface area contributed by atoms with Crippen LogP contribution in [0, 0.1) is 0 Å². The van der Waals surface area contributed by atoms with Gasteiger partial charge in [0.2, 0.25) is 5.91 Å². The van der Waals surface area contributed by atoms with E-state index in [0.29, 0.717) is 64.6 Å². The lowest BCUT2D eigenvalue weighted by Crippen LogP contribution is -2.29. The van der Waals surface area contributed by atoms with Crippen LogP contribution in [0.25, 0.3) is 0 Å². The SMILES string of the molecule is CCOCCCCOCSSc1ccc(CC(=O)NCCOCCOCCOCCNC(C)C)cc1. The van der Waals surface area contributed by atoms with E-state index in [4.69, 9.17) is 23.7 Å². The van der Waals surface area contributed by atoms with Crippen molar-refractivity contribution in [1.29, 1.82) is 0 Å². The first-order chi connectivity index (χ1) is 17.6. The molecular formula is C26H46N2O6S2. The molecule has 8 nitrogen and oxygen atoms in total. The Hall–Kier alpha value is -0.850. The van der Waals surface area contributed by atoms with Gasteiger partial charge in [-0.3, -0.25) is 4.79 Å². The van der Waals surface area contributed by atoms with Gasteiger partial charge in [0.15, 0.2) is 0 Å². The maximum absolute atomic E-state index is 12.1. The van der Waals surface area contributed by atoms with Gasteiger partial charge >= 0.3 is 0 Å². The van der Waals surface area contributed by atoms with Crippen molar-refractivity contribution in [3.8, 4) is 0 Å². The summed E-state index contributed by atoms with van der Waals surface area (Å²) in [4.78, 5) is 13.3. The Morgan fingerprint density at radius 3 is 2.06 bits per heavy atom. The minimum absolute atomic E-state index is 0.00790. The largest absolute Gasteiger partial charge is 0.382 e. The fourth-order valence-corrected chi connectivity index (χ4v) is 4.58. The lowest BCUT2D eigenvalue weighted by atomic mass is 10.1. The molecule has 10 heteroatoms. The maximum atomic E-state index is 12.1. The van der Waals surface area contributed by atoms with Crippen LogP contribution in [0.1, 0.15) is 39.2 Å². The summed E-state index contributed by atoms with van der Waals surface area (Å²) in [7, 11) is 3.35. The van der Waals surface area contributed by atoms with E-state index in [2.05, 4.69) is 24.5 Å². The molecule has 0 saturated carbocycles. The summed E-state index contributed by atoms with van der Waals surface area (Å²) in [6, 6.07) is 8.55. The molecule has 0 radical (unpaired) electrons. The predicted octanol–water partition coefficient (Wildman–Crippen LogP) is 3.92. The number of hydrogen-bond donors (Lipinski definition) is 2. The molecule has 0 saturated heterocycles. The first kappa shape index (κ1) is 33.2. The van der Waals surface area contributed by atoms with E-state index >= 15 is 0 Å². The zero-order chi connectivity index (χ0) is 26.1. The van der Waals surface area contributed by atoms with Gasteiger partial charge in [-0.25, -0.2) is 0 Å². The summed E-state index contributed by atoms with van der Waals surface area (Å²) >= 11 is 0. The molecule has 1 rings (SSSR count). The summed E-state index contributed by atoms with van der Waals surface area (Å²) in [6.07, 6.45) is 2.42. The topological polar surface area (TPSA) is 87.3 Å². The minimum Gasteiger partial charge on any atom is -0.382 e. The fourth-order valence-electron chi connectivity index (χ4n) is 2.87. The van der Waals surface area contributed by atoms with E-state index in [0.717, 1.165) is 49.7 Å². The molecule has 1 aromatic rings. The molecule has 0 bridgehead atoms. The van der Waals surface area contributed by atoms with Crippen molar-refractivity contribution in [2.45, 2.75) is 51.0 Å². The number of benzene rings is 1. The van der Waals surface area contributed by atoms with Crippen LogP contribution in [0.3, 0.4) is 0 Å². The summed E-state index contributed by atoms with van der Waals surface area (Å²) in [6.45, 7) is 13.2. The summed E-state index contributed by atoms with van der Waals surface area (Å²) < 4.78 is 27.4. The molecule has 0 heterocycles. The number of nitrogens with one attached hydrogen (secondary N) is 2. The highest BCUT2D eigenvalue weighted by Crippen LogP contribution is 2.31. The van der Waals surface area contributed by atoms with Gasteiger partial charge in [-0.15, -0.1) is 0 Å². The smallest absolute Gasteiger partial charge is 0.224 e. The van der Waals surface area contributed by atoms with Crippen molar-refractivity contribution in [3.63, 3.8) is 0 Å². The van der Waals surface area contributed by atoms with E-state index in [9.17, 15) is 4.79 Å². The van der Waals surface area contributed by atoms with Gasteiger partial charge in [0.1, 0.15) is 5.94 Å². The van der Waals surface area contributed by atoms with Crippen molar-refractivity contribution in [3.05, 3.63) is 29.8 Å². The number of ether oxygens (including phenoxy) is 5. The van der Waals surface area contributed by atoms with Crippen molar-refractivity contribution in [2.75, 3.05) is 78.5 Å². The van der Waals surface area contributed by atoms with Crippen molar-refractivity contribution in [2.24, 2.45) is 0 Å². The van der Waals surface area contributed by atoms with Gasteiger partial charge < -0.3 is 34.3 Å². The van der Waals surface area contributed by atoms with E-state index in [1.165, 1.54) is 0 Å². The van der Waals surface area contributed by atoms with Gasteiger partial charge in [0, 0.05) is 43.8 Å². The number of hydrogen-bond acceptors (Lipinski definition) is 9. The van der Waals surface area contributed by atoms with E-state index in [1.54, 1.807) is 21.6 Å². The molecule has 0 aliphatic rings. The fraction of sp³-hybridized carbons (Fsp3) is 0.731. The molecule has 0 aliphatic carbocycles. The van der Waals surface area contributed by atoms with E-state index in [-0.39, 0.29) is 5.91 Å². The highest BCUT2D eigenvalue weighted by molar-refractivity contribution is 8.76. The Balaban J connectivity index is 1.93. The second kappa shape index (κ2) is 24.5. The van der Waals surface area contributed by atoms with Crippen molar-refractivity contribution < 1.29 is 28.5 Å². The number of carbonyl (C=O) groups is 1. The highest BCUT2D eigenvalue weighted by atomic mass is 33.1. The van der Waals surface area contributed by atoms with Gasteiger partial charge in [-0.05, 0) is 37.5 Å². The third-order valence-electron chi connectivity index (χ3n) is 4.72. The maximum Gasteiger partial charge on any atom is 0.224 e. The first-order valence-electron chi connectivity index (χ1n) is 12.9. The zero-order valence-electron chi connectivity index (χ0n) is 22.3. The molecule has 1 aromatic carbocycles. The van der Waals surface area contributed by atoms with Gasteiger partial charge in [0.25, 0.3) is 0 Å². The van der Waals surface area contributed by atoms with E-state index in [1.807, 2.05) is 31.2 Å². The zero-order valence-corrected chi connectivity index (χ0v) is 23.9. The second-order valence-corrected chi connectivity index (χ2v) is 10.6. The quantitative estimate of drug-likeness (QED) is 0.108. The number of amides is 1. The summed E-state index contributed by atoms with van der Waals surface area (Å²) in [5.41, 5.74) is 0.990. The molecule has 0 atom stereocenters. The van der Waals surface area contributed by atoms with Gasteiger partial charge in [0.05, 0.1) is 46.1 Å². The average molecular weight is 547 g/mol. The van der Waals surface area contributed by atoms with Gasteiger partial charge in [-0.1, -0.05) is 47.6 Å². The first-order valence-corrected chi connectivity index (χ1v) is 15.2. The lowest BCUT2D eigenvalue weighted by Gasteiger charge is -2.09. The van der Waals surface area contributed by atoms with Crippen LogP contribution in [0.5, 0.6) is 0 Å². The summed E-state index contributed by atoms with van der Waals surface area (Å²) in [5, 5.41) is 6.18. The van der Waals surface area contributed by atoms with Gasteiger partial charge in [-0.2, -0.15) is 0 Å². The third kappa shape index (κ3) is 21.3. The number of rotatable bonds is 25. The monoisotopic (exact) mass is 546 g/mol. The highest BCUT2D eigenvalue weighted by Gasteiger charge is 2.04. The van der Waals surface area contributed by atoms with Crippen LogP contribution in [0.15, 0.2) is 29.2 Å². The Labute approximate surface area is 225 Å². The predicted molar refractivity (Wildman–Crippen MR) is 149 cm³/mol. The minimum atomic E-state index is -0.00790. The molecule has 36 heavy (non-hydrogen) atoms. The van der Waals surface area contributed by atoms with Crippen LogP contribution >= 0.6 is 21.6 Å². The Kier molecular flexibility index (Phi) is 22.6. The van der Waals surface area contributed by atoms with Crippen LogP contribution < -0.4 is 10.6 Å². The average Bonchev–Trinajstić information content (AvgIpc) is 2.86. The molecule has 208 valence electrons. The van der Waals surface area contributed by atoms with Crippen LogP contribution in [-0.2, 0) is 34.9 Å². The molecular weight excluding hydrogens is 500 g/mol. The molecule has 0 spiro atoms. The molecule has 0 fully saturated rings. The van der Waals surface area contributed by atoms with Crippen molar-refractivity contribution in [1.82, 2.24) is 10.6 Å². The Morgan fingerprint density at radius 2 is 1.42 bits per heavy atom. The Bertz CT molecular complexity index is 637. The Morgan fingerprint density at radius 1 is 0.806 bits per heavy atom. The second-order valence-electron chi connectivity index (χ2n) is 8.25. The van der Waals surface area contributed by atoms with Crippen LogP contribution in [-0.4, -0.2) is 90.4 Å². The van der Waals surface area contributed by atoms with E-state index < -0.39 is 0 Å². The number of carbonyl (C=O) groups excluding carboxylic acids is 1. The van der Waals surface area contributed by atoms with Crippen LogP contribution in [0.2, 0.25) is 0 Å². The third-order valence-corrected chi connectivity index (χ3v) is 6.78. The summed E-state index contributed by atoms with van der Waals surface area (Å²) in [5.74, 6) is 0.647. The molecule has 1 amide bonds. The van der Waals surface area contributed by atoms with Crippen LogP contribution in [0.4, 0.5) is 0 Å². The van der Waals surface area contributed by atoms with Crippen molar-refractivity contribution >= 4 is 27.5 Å². The lowest BCUT2D eigenvalue weighted by molar-refractivity contribution is -0.120. The standard InChI is InChI=1S/C26H46N2O6S2/c1-4-30-13-5-6-14-34-22-35-36-25-9-7-24(8-10-25)21-26(29)28-12-16-32-18-20-33-19-17-31-15-11-27-23(2)3/h7-10,23,27H,4-6,11-22H2,1-3H3,(H,28,29). The molecule has 0 unspecified atom stereocenters. The molecule has 0 aliphatic heterocycles. The molecule has 2 N–H and O–H groups in total. The molecule has 0 aromatic heterocycles. The number of unbranched alkanes of at least 4 members (excludes halogenated alkanes) is 1.